The topological polar surface area (TPSA) is 58.6 Å². The molecule has 0 saturated heterocycles. The summed E-state index contributed by atoms with van der Waals surface area (Å²) in [5.74, 6) is 0.0162. The van der Waals surface area contributed by atoms with Crippen LogP contribution in [0.4, 0.5) is 4.79 Å². The molecular formula is C23H27BrN2O3. The Morgan fingerprint density at radius 3 is 2.17 bits per heavy atom. The first-order valence-electron chi connectivity index (χ1n) is 10.0. The highest BCUT2D eigenvalue weighted by atomic mass is 79.9. The van der Waals surface area contributed by atoms with Gasteiger partial charge in [0.1, 0.15) is 0 Å². The molecule has 0 unspecified atom stereocenters. The summed E-state index contributed by atoms with van der Waals surface area (Å²) in [5, 5.41) is 3.18. The minimum atomic E-state index is -0.351. The number of nitrogens with one attached hydrogen (secondary N) is 1. The number of ether oxygens (including phenoxy) is 1. The van der Waals surface area contributed by atoms with Gasteiger partial charge in [-0.1, -0.05) is 77.3 Å². The van der Waals surface area contributed by atoms with E-state index in [2.05, 4.69) is 33.4 Å². The first-order chi connectivity index (χ1) is 14.1. The van der Waals surface area contributed by atoms with E-state index in [-0.39, 0.29) is 18.1 Å². The van der Waals surface area contributed by atoms with Crippen molar-refractivity contribution in [3.8, 4) is 11.1 Å². The Kier molecular flexibility index (Phi) is 7.69. The average molecular weight is 459 g/mol. The zero-order valence-electron chi connectivity index (χ0n) is 16.7. The van der Waals surface area contributed by atoms with E-state index in [0.29, 0.717) is 18.4 Å². The van der Waals surface area contributed by atoms with Crippen molar-refractivity contribution in [2.75, 3.05) is 25.5 Å². The number of alkyl halides is 1. The molecule has 1 aliphatic carbocycles. The number of hydrogen-bond acceptors (Lipinski definition) is 3. The standard InChI is InChI=1S/C23H27BrN2O3/c1-26(15-9-3-2-8-14-25-21(27)16-24)23(28)29-22-19-12-6-4-10-17(19)18-11-5-7-13-20(18)22/h4-7,10-13,22H,2-3,8-9,14-16H2,1H3,(H,25,27). The van der Waals surface area contributed by atoms with E-state index in [1.807, 2.05) is 36.4 Å². The number of nitrogens with zero attached hydrogens (tertiary/aromatic N) is 1. The Balaban J connectivity index is 1.46. The Labute approximate surface area is 180 Å². The van der Waals surface area contributed by atoms with Crippen molar-refractivity contribution in [3.05, 3.63) is 59.7 Å². The van der Waals surface area contributed by atoms with Crippen LogP contribution in [-0.4, -0.2) is 42.4 Å². The summed E-state index contributed by atoms with van der Waals surface area (Å²) >= 11 is 3.13. The highest BCUT2D eigenvalue weighted by Gasteiger charge is 2.31. The zero-order chi connectivity index (χ0) is 20.6. The smallest absolute Gasteiger partial charge is 0.410 e. The third-order valence-electron chi connectivity index (χ3n) is 5.17. The molecule has 1 N–H and O–H groups in total. The summed E-state index contributed by atoms with van der Waals surface area (Å²) in [7, 11) is 1.78. The van der Waals surface area contributed by atoms with E-state index < -0.39 is 0 Å². The summed E-state index contributed by atoms with van der Waals surface area (Å²) in [6, 6.07) is 16.2. The molecule has 1 aliphatic rings. The summed E-state index contributed by atoms with van der Waals surface area (Å²) < 4.78 is 5.90. The number of fused-ring (bicyclic) bond motifs is 3. The van der Waals surface area contributed by atoms with E-state index in [1.54, 1.807) is 11.9 Å². The fraction of sp³-hybridized carbons (Fsp3) is 0.391. The number of hydrogen-bond donors (Lipinski definition) is 1. The van der Waals surface area contributed by atoms with E-state index >= 15 is 0 Å². The van der Waals surface area contributed by atoms with Gasteiger partial charge in [0.2, 0.25) is 5.91 Å². The molecule has 0 aliphatic heterocycles. The molecule has 5 nitrogen and oxygen atoms in total. The molecule has 0 fully saturated rings. The molecule has 0 bridgehead atoms. The molecule has 2 aromatic rings. The van der Waals surface area contributed by atoms with Crippen LogP contribution < -0.4 is 5.32 Å². The number of rotatable bonds is 9. The second-order valence-corrected chi connectivity index (χ2v) is 7.82. The lowest BCUT2D eigenvalue weighted by molar-refractivity contribution is -0.118. The Hall–Kier alpha value is -2.34. The number of carbonyl (C=O) groups is 2. The maximum absolute atomic E-state index is 12.6. The van der Waals surface area contributed by atoms with Crippen molar-refractivity contribution in [1.29, 1.82) is 0 Å². The van der Waals surface area contributed by atoms with Gasteiger partial charge in [-0.05, 0) is 24.0 Å². The first-order valence-corrected chi connectivity index (χ1v) is 11.2. The summed E-state index contributed by atoms with van der Waals surface area (Å²) in [6.07, 6.45) is 3.24. The number of benzene rings is 2. The molecule has 0 saturated carbocycles. The van der Waals surface area contributed by atoms with Gasteiger partial charge in [-0.15, -0.1) is 0 Å². The molecule has 3 rings (SSSR count). The van der Waals surface area contributed by atoms with Gasteiger partial charge < -0.3 is 15.0 Å². The lowest BCUT2D eigenvalue weighted by Crippen LogP contribution is -2.29. The molecule has 0 spiro atoms. The molecular weight excluding hydrogens is 432 g/mol. The molecule has 2 amide bonds. The maximum Gasteiger partial charge on any atom is 0.410 e. The van der Waals surface area contributed by atoms with Gasteiger partial charge in [-0.2, -0.15) is 0 Å². The molecule has 0 aromatic heterocycles. The van der Waals surface area contributed by atoms with E-state index in [9.17, 15) is 9.59 Å². The number of unbranched alkanes of at least 4 members (excludes halogenated alkanes) is 3. The van der Waals surface area contributed by atoms with Gasteiger partial charge in [0.15, 0.2) is 6.10 Å². The van der Waals surface area contributed by atoms with Crippen LogP contribution in [0.1, 0.15) is 42.9 Å². The molecule has 6 heteroatoms. The monoisotopic (exact) mass is 458 g/mol. The van der Waals surface area contributed by atoms with Crippen LogP contribution in [0.5, 0.6) is 0 Å². The highest BCUT2D eigenvalue weighted by molar-refractivity contribution is 9.09. The third-order valence-corrected chi connectivity index (χ3v) is 5.68. The molecule has 29 heavy (non-hydrogen) atoms. The largest absolute Gasteiger partial charge is 0.436 e. The van der Waals surface area contributed by atoms with Gasteiger partial charge in [0.05, 0.1) is 5.33 Å². The highest BCUT2D eigenvalue weighted by Crippen LogP contribution is 2.45. The molecule has 154 valence electrons. The van der Waals surface area contributed by atoms with Crippen molar-refractivity contribution in [2.45, 2.75) is 31.8 Å². The van der Waals surface area contributed by atoms with Gasteiger partial charge in [0, 0.05) is 31.3 Å². The van der Waals surface area contributed by atoms with E-state index in [1.165, 1.54) is 0 Å². The van der Waals surface area contributed by atoms with Crippen LogP contribution in [0.25, 0.3) is 11.1 Å². The van der Waals surface area contributed by atoms with Crippen LogP contribution in [0.15, 0.2) is 48.5 Å². The van der Waals surface area contributed by atoms with E-state index in [4.69, 9.17) is 4.74 Å². The Bertz CT molecular complexity index is 810. The van der Waals surface area contributed by atoms with E-state index in [0.717, 1.165) is 47.9 Å². The minimum Gasteiger partial charge on any atom is -0.436 e. The van der Waals surface area contributed by atoms with Crippen LogP contribution in [0, 0.1) is 0 Å². The van der Waals surface area contributed by atoms with Crippen molar-refractivity contribution in [1.82, 2.24) is 10.2 Å². The van der Waals surface area contributed by atoms with Gasteiger partial charge >= 0.3 is 6.09 Å². The Morgan fingerprint density at radius 1 is 0.966 bits per heavy atom. The number of amides is 2. The van der Waals surface area contributed by atoms with Gasteiger partial charge in [-0.25, -0.2) is 4.79 Å². The number of carbonyl (C=O) groups excluding carboxylic acids is 2. The fourth-order valence-electron chi connectivity index (χ4n) is 3.62. The van der Waals surface area contributed by atoms with Crippen LogP contribution in [-0.2, 0) is 9.53 Å². The van der Waals surface area contributed by atoms with Crippen molar-refractivity contribution in [2.24, 2.45) is 0 Å². The molecule has 0 radical (unpaired) electrons. The second kappa shape index (κ2) is 10.4. The fourth-order valence-corrected chi connectivity index (χ4v) is 3.82. The van der Waals surface area contributed by atoms with Gasteiger partial charge in [0.25, 0.3) is 0 Å². The van der Waals surface area contributed by atoms with Crippen molar-refractivity contribution in [3.63, 3.8) is 0 Å². The predicted molar refractivity (Wildman–Crippen MR) is 118 cm³/mol. The predicted octanol–water partition coefficient (Wildman–Crippen LogP) is 4.90. The molecule has 0 heterocycles. The molecule has 0 atom stereocenters. The Morgan fingerprint density at radius 2 is 1.55 bits per heavy atom. The third kappa shape index (κ3) is 5.38. The van der Waals surface area contributed by atoms with Crippen LogP contribution >= 0.6 is 15.9 Å². The quantitative estimate of drug-likeness (QED) is 0.429. The maximum atomic E-state index is 12.6. The second-order valence-electron chi connectivity index (χ2n) is 7.26. The normalized spacial score (nSPS) is 12.2. The van der Waals surface area contributed by atoms with Gasteiger partial charge in [-0.3, -0.25) is 4.79 Å². The SMILES string of the molecule is CN(CCCCCCNC(=O)CBr)C(=O)OC1c2ccccc2-c2ccccc21. The minimum absolute atomic E-state index is 0.0162. The summed E-state index contributed by atoms with van der Waals surface area (Å²) in [5.41, 5.74) is 4.35. The zero-order valence-corrected chi connectivity index (χ0v) is 18.3. The lowest BCUT2D eigenvalue weighted by atomic mass is 10.1. The van der Waals surface area contributed by atoms with Crippen LogP contribution in [0.3, 0.4) is 0 Å². The summed E-state index contributed by atoms with van der Waals surface area (Å²) in [4.78, 5) is 25.4. The first kappa shape index (κ1) is 21.4. The van der Waals surface area contributed by atoms with Crippen molar-refractivity contribution < 1.29 is 14.3 Å². The number of halogens is 1. The lowest BCUT2D eigenvalue weighted by Gasteiger charge is -2.21. The molecule has 2 aromatic carbocycles. The summed E-state index contributed by atoms with van der Waals surface area (Å²) in [6.45, 7) is 1.35. The average Bonchev–Trinajstić information content (AvgIpc) is 3.06. The van der Waals surface area contributed by atoms with Crippen molar-refractivity contribution >= 4 is 27.9 Å². The van der Waals surface area contributed by atoms with Crippen LogP contribution in [0.2, 0.25) is 0 Å².